The van der Waals surface area contributed by atoms with Crippen molar-refractivity contribution in [1.82, 2.24) is 4.90 Å². The maximum atomic E-state index is 12.2. The Labute approximate surface area is 130 Å². The van der Waals surface area contributed by atoms with E-state index in [1.54, 1.807) is 24.3 Å². The number of ether oxygens (including phenoxy) is 1. The SMILES string of the molecule is CC1(C(=O)O)SC[C@@H](C(=O)O)N1C(=O)OCc1ccccc1. The molecule has 1 saturated heterocycles. The van der Waals surface area contributed by atoms with Crippen molar-refractivity contribution >= 4 is 29.8 Å². The molecular weight excluding hydrogens is 310 g/mol. The molecule has 1 fully saturated rings. The van der Waals surface area contributed by atoms with Crippen molar-refractivity contribution in [2.75, 3.05) is 5.75 Å². The molecule has 8 heteroatoms. The summed E-state index contributed by atoms with van der Waals surface area (Å²) >= 11 is 0.892. The number of thioether (sulfide) groups is 1. The highest BCUT2D eigenvalue weighted by atomic mass is 32.2. The standard InChI is InChI=1S/C14H15NO6S/c1-14(12(18)19)15(10(8-22-14)11(16)17)13(20)21-7-9-5-3-2-4-6-9/h2-6,10H,7-8H2,1H3,(H,16,17)(H,18,19)/t10-,14?/m0/s1. The van der Waals surface area contributed by atoms with E-state index in [4.69, 9.17) is 4.74 Å². The molecule has 2 rings (SSSR count). The van der Waals surface area contributed by atoms with Gasteiger partial charge in [0.05, 0.1) is 0 Å². The van der Waals surface area contributed by atoms with Crippen LogP contribution in [0.3, 0.4) is 0 Å². The Morgan fingerprint density at radius 2 is 1.95 bits per heavy atom. The van der Waals surface area contributed by atoms with Crippen LogP contribution in [-0.2, 0) is 20.9 Å². The Hall–Kier alpha value is -2.22. The molecule has 0 spiro atoms. The van der Waals surface area contributed by atoms with Crippen LogP contribution in [0.4, 0.5) is 4.79 Å². The Bertz CT molecular complexity index is 592. The number of aliphatic carboxylic acids is 2. The predicted molar refractivity (Wildman–Crippen MR) is 78.4 cm³/mol. The van der Waals surface area contributed by atoms with Gasteiger partial charge in [0.15, 0.2) is 4.87 Å². The van der Waals surface area contributed by atoms with Crippen molar-refractivity contribution in [2.45, 2.75) is 24.4 Å². The van der Waals surface area contributed by atoms with E-state index < -0.39 is 28.9 Å². The van der Waals surface area contributed by atoms with E-state index in [-0.39, 0.29) is 12.4 Å². The molecule has 0 bridgehead atoms. The topological polar surface area (TPSA) is 104 Å². The second-order valence-electron chi connectivity index (χ2n) is 4.86. The first kappa shape index (κ1) is 16.2. The van der Waals surface area contributed by atoms with E-state index in [0.29, 0.717) is 0 Å². The second kappa shape index (κ2) is 6.27. The molecule has 0 aromatic heterocycles. The van der Waals surface area contributed by atoms with E-state index in [0.717, 1.165) is 22.2 Å². The largest absolute Gasteiger partial charge is 0.480 e. The Morgan fingerprint density at radius 1 is 1.32 bits per heavy atom. The van der Waals surface area contributed by atoms with Crippen molar-refractivity contribution in [3.63, 3.8) is 0 Å². The van der Waals surface area contributed by atoms with Gasteiger partial charge in [-0.15, -0.1) is 11.8 Å². The summed E-state index contributed by atoms with van der Waals surface area (Å²) in [5.41, 5.74) is 0.728. The van der Waals surface area contributed by atoms with Gasteiger partial charge in [0, 0.05) is 5.75 Å². The fourth-order valence-corrected chi connectivity index (χ4v) is 3.36. The first-order chi connectivity index (χ1) is 10.4. The first-order valence-electron chi connectivity index (χ1n) is 6.46. The molecule has 7 nitrogen and oxygen atoms in total. The monoisotopic (exact) mass is 325 g/mol. The average Bonchev–Trinajstić information content (AvgIpc) is 2.85. The molecule has 0 saturated carbocycles. The van der Waals surface area contributed by atoms with Gasteiger partial charge >= 0.3 is 18.0 Å². The van der Waals surface area contributed by atoms with Gasteiger partial charge in [-0.05, 0) is 12.5 Å². The van der Waals surface area contributed by atoms with Crippen LogP contribution in [0.2, 0.25) is 0 Å². The number of rotatable bonds is 4. The Balaban J connectivity index is 2.16. The van der Waals surface area contributed by atoms with E-state index >= 15 is 0 Å². The number of carboxylic acids is 2. The number of nitrogens with zero attached hydrogens (tertiary/aromatic N) is 1. The summed E-state index contributed by atoms with van der Waals surface area (Å²) in [5, 5.41) is 18.5. The van der Waals surface area contributed by atoms with E-state index in [1.165, 1.54) is 6.92 Å². The van der Waals surface area contributed by atoms with Gasteiger partial charge in [-0.2, -0.15) is 0 Å². The zero-order chi connectivity index (χ0) is 16.3. The van der Waals surface area contributed by atoms with Crippen molar-refractivity contribution in [2.24, 2.45) is 0 Å². The lowest BCUT2D eigenvalue weighted by Gasteiger charge is -2.31. The normalized spacial score (nSPS) is 24.0. The molecule has 2 atom stereocenters. The molecule has 1 aliphatic rings. The van der Waals surface area contributed by atoms with Crippen LogP contribution in [0, 0.1) is 0 Å². The van der Waals surface area contributed by atoms with Crippen LogP contribution >= 0.6 is 11.8 Å². The van der Waals surface area contributed by atoms with Gasteiger partial charge in [0.25, 0.3) is 0 Å². The van der Waals surface area contributed by atoms with Gasteiger partial charge in [0.1, 0.15) is 12.6 Å². The van der Waals surface area contributed by atoms with Gasteiger partial charge < -0.3 is 14.9 Å². The molecular formula is C14H15NO6S. The number of carbonyl (C=O) groups excluding carboxylic acids is 1. The van der Waals surface area contributed by atoms with Crippen LogP contribution in [0.25, 0.3) is 0 Å². The van der Waals surface area contributed by atoms with Crippen LogP contribution < -0.4 is 0 Å². The lowest BCUT2D eigenvalue weighted by molar-refractivity contribution is -0.148. The van der Waals surface area contributed by atoms with Gasteiger partial charge in [0.2, 0.25) is 0 Å². The van der Waals surface area contributed by atoms with Crippen molar-refractivity contribution in [3.05, 3.63) is 35.9 Å². The van der Waals surface area contributed by atoms with Gasteiger partial charge in [-0.25, -0.2) is 14.4 Å². The van der Waals surface area contributed by atoms with Gasteiger partial charge in [-0.3, -0.25) is 4.90 Å². The highest BCUT2D eigenvalue weighted by Gasteiger charge is 2.55. The summed E-state index contributed by atoms with van der Waals surface area (Å²) in [6.45, 7) is 1.25. The molecule has 1 aliphatic heterocycles. The molecule has 1 aromatic rings. The molecule has 118 valence electrons. The molecule has 22 heavy (non-hydrogen) atoms. The summed E-state index contributed by atoms with van der Waals surface area (Å²) in [4.78, 5) is 34.0. The minimum Gasteiger partial charge on any atom is -0.480 e. The smallest absolute Gasteiger partial charge is 0.412 e. The van der Waals surface area contributed by atoms with Crippen molar-refractivity contribution in [3.8, 4) is 0 Å². The molecule has 2 N–H and O–H groups in total. The first-order valence-corrected chi connectivity index (χ1v) is 7.45. The number of amides is 1. The summed E-state index contributed by atoms with van der Waals surface area (Å²) < 4.78 is 5.09. The number of benzene rings is 1. The third kappa shape index (κ3) is 3.01. The number of carboxylic acid groups (broad SMARTS) is 2. The minimum atomic E-state index is -1.66. The van der Waals surface area contributed by atoms with Crippen LogP contribution in [0.15, 0.2) is 30.3 Å². The Kier molecular flexibility index (Phi) is 4.60. The molecule has 1 unspecified atom stereocenters. The van der Waals surface area contributed by atoms with Crippen LogP contribution in [0.1, 0.15) is 12.5 Å². The number of hydrogen-bond acceptors (Lipinski definition) is 5. The maximum Gasteiger partial charge on any atom is 0.412 e. The number of hydrogen-bond donors (Lipinski definition) is 2. The minimum absolute atomic E-state index is 0.00142. The lowest BCUT2D eigenvalue weighted by Crippen LogP contribution is -2.54. The fourth-order valence-electron chi connectivity index (χ4n) is 2.12. The van der Waals surface area contributed by atoms with Crippen molar-refractivity contribution < 1.29 is 29.3 Å². The summed E-state index contributed by atoms with van der Waals surface area (Å²) in [6, 6.07) is 7.62. The van der Waals surface area contributed by atoms with E-state index in [2.05, 4.69) is 0 Å². The van der Waals surface area contributed by atoms with Crippen LogP contribution in [0.5, 0.6) is 0 Å². The Morgan fingerprint density at radius 3 is 2.50 bits per heavy atom. The van der Waals surface area contributed by atoms with Crippen molar-refractivity contribution in [1.29, 1.82) is 0 Å². The average molecular weight is 325 g/mol. The van der Waals surface area contributed by atoms with E-state index in [9.17, 15) is 24.6 Å². The lowest BCUT2D eigenvalue weighted by atomic mass is 10.2. The highest BCUT2D eigenvalue weighted by Crippen LogP contribution is 2.40. The fraction of sp³-hybridized carbons (Fsp3) is 0.357. The van der Waals surface area contributed by atoms with E-state index in [1.807, 2.05) is 6.07 Å². The number of carbonyl (C=O) groups is 3. The maximum absolute atomic E-state index is 12.2. The quantitative estimate of drug-likeness (QED) is 0.867. The van der Waals surface area contributed by atoms with Gasteiger partial charge in [-0.1, -0.05) is 30.3 Å². The highest BCUT2D eigenvalue weighted by molar-refractivity contribution is 8.01. The summed E-state index contributed by atoms with van der Waals surface area (Å²) in [7, 11) is 0. The molecule has 1 amide bonds. The second-order valence-corrected chi connectivity index (χ2v) is 6.28. The summed E-state index contributed by atoms with van der Waals surface area (Å²) in [5.74, 6) is -2.54. The molecule has 0 radical (unpaired) electrons. The van der Waals surface area contributed by atoms with Crippen LogP contribution in [-0.4, -0.2) is 49.8 Å². The molecule has 0 aliphatic carbocycles. The molecule has 1 heterocycles. The third-order valence-electron chi connectivity index (χ3n) is 3.38. The summed E-state index contributed by atoms with van der Waals surface area (Å²) in [6.07, 6.45) is -0.953. The molecule has 1 aromatic carbocycles. The third-order valence-corrected chi connectivity index (χ3v) is 4.79. The zero-order valence-electron chi connectivity index (χ0n) is 11.8. The predicted octanol–water partition coefficient (Wildman–Crippen LogP) is 1.63. The zero-order valence-corrected chi connectivity index (χ0v) is 12.6.